The van der Waals surface area contributed by atoms with Gasteiger partial charge >= 0.3 is 0 Å². The molecule has 0 aliphatic rings. The molecule has 0 N–H and O–H groups in total. The van der Waals surface area contributed by atoms with Crippen LogP contribution in [-0.4, -0.2) is 14.5 Å². The highest BCUT2D eigenvalue weighted by molar-refractivity contribution is 6.21. The van der Waals surface area contributed by atoms with E-state index in [0.29, 0.717) is 5.95 Å². The van der Waals surface area contributed by atoms with Gasteiger partial charge in [-0.05, 0) is 46.2 Å². The molecule has 0 unspecified atom stereocenters. The molecule has 7 aromatic rings. The Morgan fingerprint density at radius 2 is 1.33 bits per heavy atom. The van der Waals surface area contributed by atoms with Gasteiger partial charge in [0.25, 0.3) is 0 Å². The van der Waals surface area contributed by atoms with E-state index in [1.165, 1.54) is 32.7 Å². The summed E-state index contributed by atoms with van der Waals surface area (Å²) in [5, 5.41) is 5.95. The lowest BCUT2D eigenvalue weighted by molar-refractivity contribution is 1.01. The highest BCUT2D eigenvalue weighted by Crippen LogP contribution is 2.37. The fourth-order valence-corrected chi connectivity index (χ4v) is 4.88. The molecule has 7 rings (SSSR count). The monoisotopic (exact) mass is 421 g/mol. The van der Waals surface area contributed by atoms with Gasteiger partial charge in [-0.3, -0.25) is 4.57 Å². The Morgan fingerprint density at radius 1 is 0.545 bits per heavy atom. The quantitative estimate of drug-likeness (QED) is 0.289. The first-order valence-corrected chi connectivity index (χ1v) is 11.1. The molecule has 2 heterocycles. The summed E-state index contributed by atoms with van der Waals surface area (Å²) in [5.74, 6) is 0.693. The van der Waals surface area contributed by atoms with Gasteiger partial charge < -0.3 is 0 Å². The molecule has 3 nitrogen and oxygen atoms in total. The zero-order chi connectivity index (χ0) is 21.8. The Balaban J connectivity index is 1.59. The lowest BCUT2D eigenvalue weighted by atomic mass is 9.98. The third kappa shape index (κ3) is 2.76. The third-order valence-electron chi connectivity index (χ3n) is 6.44. The second-order valence-corrected chi connectivity index (χ2v) is 8.34. The predicted molar refractivity (Wildman–Crippen MR) is 137 cm³/mol. The molecule has 5 aromatic carbocycles. The lowest BCUT2D eigenvalue weighted by Crippen LogP contribution is -2.00. The number of benzene rings is 5. The first-order valence-electron chi connectivity index (χ1n) is 11.1. The van der Waals surface area contributed by atoms with Gasteiger partial charge in [0.1, 0.15) is 0 Å². The summed E-state index contributed by atoms with van der Waals surface area (Å²) in [6, 6.07) is 38.3. The molecule has 0 saturated carbocycles. The third-order valence-corrected chi connectivity index (χ3v) is 6.44. The van der Waals surface area contributed by atoms with Crippen molar-refractivity contribution in [3.63, 3.8) is 0 Å². The van der Waals surface area contributed by atoms with E-state index in [1.54, 1.807) is 0 Å². The first-order chi connectivity index (χ1) is 16.4. The summed E-state index contributed by atoms with van der Waals surface area (Å²) in [5.41, 5.74) is 5.61. The van der Waals surface area contributed by atoms with Crippen LogP contribution in [0.25, 0.3) is 60.6 Å². The molecule has 0 saturated heterocycles. The molecular weight excluding hydrogens is 402 g/mol. The van der Waals surface area contributed by atoms with E-state index in [4.69, 9.17) is 9.97 Å². The normalized spacial score (nSPS) is 11.6. The molecule has 33 heavy (non-hydrogen) atoms. The van der Waals surface area contributed by atoms with E-state index in [9.17, 15) is 0 Å². The maximum absolute atomic E-state index is 4.92. The fraction of sp³-hybridized carbons (Fsp3) is 0. The van der Waals surface area contributed by atoms with Crippen LogP contribution in [0.1, 0.15) is 0 Å². The molecule has 0 spiro atoms. The van der Waals surface area contributed by atoms with Crippen LogP contribution in [0.5, 0.6) is 0 Å². The second-order valence-electron chi connectivity index (χ2n) is 8.34. The van der Waals surface area contributed by atoms with Crippen molar-refractivity contribution in [2.24, 2.45) is 0 Å². The molecule has 0 fully saturated rings. The minimum Gasteiger partial charge on any atom is -0.278 e. The molecule has 154 valence electrons. The van der Waals surface area contributed by atoms with E-state index < -0.39 is 0 Å². The van der Waals surface area contributed by atoms with Crippen LogP contribution in [0.4, 0.5) is 0 Å². The Labute approximate surface area is 190 Å². The predicted octanol–water partition coefficient (Wildman–Crippen LogP) is 7.55. The topological polar surface area (TPSA) is 30.7 Å². The number of hydrogen-bond donors (Lipinski definition) is 0. The maximum atomic E-state index is 4.92. The van der Waals surface area contributed by atoms with Gasteiger partial charge in [0.05, 0.1) is 16.6 Å². The molecule has 0 aliphatic carbocycles. The molecule has 0 amide bonds. The number of fused-ring (bicyclic) bond motifs is 6. The van der Waals surface area contributed by atoms with Crippen molar-refractivity contribution in [2.45, 2.75) is 0 Å². The number of aromatic nitrogens is 3. The van der Waals surface area contributed by atoms with Crippen LogP contribution in [0, 0.1) is 0 Å². The van der Waals surface area contributed by atoms with Crippen LogP contribution >= 0.6 is 0 Å². The van der Waals surface area contributed by atoms with Crippen molar-refractivity contribution in [3.05, 3.63) is 115 Å². The van der Waals surface area contributed by atoms with Crippen LogP contribution in [0.15, 0.2) is 115 Å². The van der Waals surface area contributed by atoms with Gasteiger partial charge in [-0.2, -0.15) is 0 Å². The molecular formula is C30H19N3. The van der Waals surface area contributed by atoms with Gasteiger partial charge in [0, 0.05) is 22.4 Å². The van der Waals surface area contributed by atoms with E-state index >= 15 is 0 Å². The highest BCUT2D eigenvalue weighted by atomic mass is 15.2. The van der Waals surface area contributed by atoms with Crippen molar-refractivity contribution >= 4 is 43.5 Å². The van der Waals surface area contributed by atoms with Crippen molar-refractivity contribution in [1.29, 1.82) is 0 Å². The van der Waals surface area contributed by atoms with E-state index in [0.717, 1.165) is 21.9 Å². The minimum absolute atomic E-state index is 0.693. The maximum Gasteiger partial charge on any atom is 0.235 e. The summed E-state index contributed by atoms with van der Waals surface area (Å²) in [7, 11) is 0. The van der Waals surface area contributed by atoms with Gasteiger partial charge in [-0.25, -0.2) is 9.97 Å². The standard InChI is InChI=1S/C30H19N3/c1-2-8-20(9-3-1)22-15-14-21-16-17-28-29(25(21)18-22)24-11-5-7-13-27(24)33(28)30-31-19-23-10-4-6-12-26(23)32-30/h1-19H. The van der Waals surface area contributed by atoms with Gasteiger partial charge in [0.15, 0.2) is 0 Å². The lowest BCUT2D eigenvalue weighted by Gasteiger charge is -2.08. The highest BCUT2D eigenvalue weighted by Gasteiger charge is 2.16. The summed E-state index contributed by atoms with van der Waals surface area (Å²) in [6.07, 6.45) is 1.91. The number of rotatable bonds is 2. The van der Waals surface area contributed by atoms with Crippen LogP contribution in [0.3, 0.4) is 0 Å². The molecule has 0 radical (unpaired) electrons. The Hall–Kier alpha value is -4.50. The number of hydrogen-bond acceptors (Lipinski definition) is 2. The number of para-hydroxylation sites is 2. The van der Waals surface area contributed by atoms with Gasteiger partial charge in [0.2, 0.25) is 5.95 Å². The fourth-order valence-electron chi connectivity index (χ4n) is 4.88. The van der Waals surface area contributed by atoms with Crippen molar-refractivity contribution in [2.75, 3.05) is 0 Å². The van der Waals surface area contributed by atoms with E-state index in [1.807, 2.05) is 30.5 Å². The van der Waals surface area contributed by atoms with Gasteiger partial charge in [-0.15, -0.1) is 0 Å². The molecule has 0 bridgehead atoms. The van der Waals surface area contributed by atoms with Crippen molar-refractivity contribution < 1.29 is 0 Å². The van der Waals surface area contributed by atoms with Gasteiger partial charge in [-0.1, -0.05) is 84.9 Å². The van der Waals surface area contributed by atoms with Crippen LogP contribution in [0.2, 0.25) is 0 Å². The summed E-state index contributed by atoms with van der Waals surface area (Å²) in [4.78, 5) is 9.66. The number of nitrogens with zero attached hydrogens (tertiary/aromatic N) is 3. The molecule has 3 heteroatoms. The minimum atomic E-state index is 0.693. The largest absolute Gasteiger partial charge is 0.278 e. The Kier molecular flexibility index (Phi) is 3.84. The molecule has 0 atom stereocenters. The SMILES string of the molecule is c1ccc(-c2ccc3ccc4c(c3c2)c2ccccc2n4-c2ncc3ccccc3n2)cc1. The second kappa shape index (κ2) is 7.01. The Morgan fingerprint density at radius 3 is 2.27 bits per heavy atom. The van der Waals surface area contributed by atoms with E-state index in [-0.39, 0.29) is 0 Å². The van der Waals surface area contributed by atoms with Crippen molar-refractivity contribution in [1.82, 2.24) is 14.5 Å². The smallest absolute Gasteiger partial charge is 0.235 e. The Bertz CT molecular complexity index is 1810. The summed E-state index contributed by atoms with van der Waals surface area (Å²) >= 11 is 0. The summed E-state index contributed by atoms with van der Waals surface area (Å²) < 4.78 is 2.19. The average Bonchev–Trinajstić information content (AvgIpc) is 3.23. The zero-order valence-electron chi connectivity index (χ0n) is 17.8. The molecule has 0 aliphatic heterocycles. The molecule has 2 aromatic heterocycles. The first kappa shape index (κ1) is 18.1. The van der Waals surface area contributed by atoms with Crippen LogP contribution in [-0.2, 0) is 0 Å². The summed E-state index contributed by atoms with van der Waals surface area (Å²) in [6.45, 7) is 0. The van der Waals surface area contributed by atoms with E-state index in [2.05, 4.69) is 89.5 Å². The average molecular weight is 422 g/mol. The van der Waals surface area contributed by atoms with Crippen LogP contribution < -0.4 is 0 Å². The zero-order valence-corrected chi connectivity index (χ0v) is 17.8. The van der Waals surface area contributed by atoms with Crippen molar-refractivity contribution in [3.8, 4) is 17.1 Å².